The lowest BCUT2D eigenvalue weighted by atomic mass is 10.2. The van der Waals surface area contributed by atoms with E-state index in [1.807, 2.05) is 0 Å². The molecule has 0 radical (unpaired) electrons. The van der Waals surface area contributed by atoms with Crippen LogP contribution in [0.15, 0.2) is 42.5 Å². The zero-order chi connectivity index (χ0) is 17.7. The van der Waals surface area contributed by atoms with Crippen LogP contribution in [0.5, 0.6) is 5.75 Å². The van der Waals surface area contributed by atoms with Crippen LogP contribution in [0.1, 0.15) is 17.3 Å². The van der Waals surface area contributed by atoms with Gasteiger partial charge in [-0.05, 0) is 43.3 Å². The molecular weight excluding hydrogens is 320 g/mol. The predicted molar refractivity (Wildman–Crippen MR) is 82.9 cm³/mol. The number of hydrogen-bond acceptors (Lipinski definition) is 4. The maximum absolute atomic E-state index is 13.1. The molecule has 5 nitrogen and oxygen atoms in total. The van der Waals surface area contributed by atoms with Gasteiger partial charge >= 0.3 is 5.97 Å². The summed E-state index contributed by atoms with van der Waals surface area (Å²) in [6.07, 6.45) is -0.887. The second-order valence-corrected chi connectivity index (χ2v) is 4.89. The van der Waals surface area contributed by atoms with Crippen LogP contribution >= 0.6 is 0 Å². The third-order valence-corrected chi connectivity index (χ3v) is 3.14. The fourth-order valence-corrected chi connectivity index (χ4v) is 1.86. The van der Waals surface area contributed by atoms with Crippen LogP contribution in [-0.2, 0) is 9.53 Å². The highest BCUT2D eigenvalue weighted by atomic mass is 19.2. The van der Waals surface area contributed by atoms with Crippen LogP contribution in [0.25, 0.3) is 0 Å². The molecule has 1 amide bonds. The quantitative estimate of drug-likeness (QED) is 0.853. The minimum Gasteiger partial charge on any atom is -0.481 e. The highest BCUT2D eigenvalue weighted by Crippen LogP contribution is 2.17. The number of benzene rings is 2. The van der Waals surface area contributed by atoms with Crippen molar-refractivity contribution in [1.29, 1.82) is 0 Å². The van der Waals surface area contributed by atoms with Gasteiger partial charge in [0.05, 0.1) is 12.7 Å². The lowest BCUT2D eigenvalue weighted by Crippen LogP contribution is -2.30. The molecule has 0 aliphatic carbocycles. The van der Waals surface area contributed by atoms with Gasteiger partial charge in [-0.2, -0.15) is 0 Å². The lowest BCUT2D eigenvalue weighted by Gasteiger charge is -2.15. The van der Waals surface area contributed by atoms with E-state index in [1.54, 1.807) is 0 Å². The van der Waals surface area contributed by atoms with Crippen LogP contribution in [0.3, 0.4) is 0 Å². The van der Waals surface area contributed by atoms with Crippen LogP contribution in [0, 0.1) is 11.6 Å². The van der Waals surface area contributed by atoms with E-state index in [4.69, 9.17) is 4.74 Å². The summed E-state index contributed by atoms with van der Waals surface area (Å²) in [4.78, 5) is 23.3. The second-order valence-electron chi connectivity index (χ2n) is 4.89. The molecule has 1 atom stereocenters. The Morgan fingerprint density at radius 2 is 1.71 bits per heavy atom. The number of nitrogens with one attached hydrogen (secondary N) is 1. The molecule has 2 aromatic rings. The summed E-state index contributed by atoms with van der Waals surface area (Å²) in [7, 11) is 1.28. The van der Waals surface area contributed by atoms with Crippen LogP contribution in [0.2, 0.25) is 0 Å². The van der Waals surface area contributed by atoms with Crippen LogP contribution in [-0.4, -0.2) is 25.1 Å². The Bertz CT molecular complexity index is 747. The van der Waals surface area contributed by atoms with Crippen molar-refractivity contribution in [2.45, 2.75) is 13.0 Å². The van der Waals surface area contributed by atoms with Crippen molar-refractivity contribution in [2.24, 2.45) is 0 Å². The van der Waals surface area contributed by atoms with Crippen molar-refractivity contribution in [3.05, 3.63) is 59.7 Å². The molecule has 2 aromatic carbocycles. The number of carbonyl (C=O) groups excluding carboxylic acids is 2. The highest BCUT2D eigenvalue weighted by Gasteiger charge is 2.16. The molecule has 0 aliphatic heterocycles. The van der Waals surface area contributed by atoms with E-state index in [2.05, 4.69) is 10.1 Å². The summed E-state index contributed by atoms with van der Waals surface area (Å²) < 4.78 is 36.0. The molecule has 0 aromatic heterocycles. The van der Waals surface area contributed by atoms with Gasteiger partial charge in [0, 0.05) is 11.8 Å². The van der Waals surface area contributed by atoms with E-state index >= 15 is 0 Å². The van der Waals surface area contributed by atoms with Gasteiger partial charge in [0.1, 0.15) is 5.75 Å². The molecule has 126 valence electrons. The normalized spacial score (nSPS) is 11.5. The molecule has 7 heteroatoms. The number of ether oxygens (including phenoxy) is 2. The fraction of sp³-hybridized carbons (Fsp3) is 0.176. The van der Waals surface area contributed by atoms with E-state index in [1.165, 1.54) is 44.4 Å². The van der Waals surface area contributed by atoms with Gasteiger partial charge in [-0.15, -0.1) is 0 Å². The van der Waals surface area contributed by atoms with Crippen LogP contribution < -0.4 is 10.1 Å². The van der Waals surface area contributed by atoms with Gasteiger partial charge in [0.25, 0.3) is 5.91 Å². The maximum atomic E-state index is 13.1. The maximum Gasteiger partial charge on any atom is 0.337 e. The van der Waals surface area contributed by atoms with E-state index in [-0.39, 0.29) is 5.69 Å². The van der Waals surface area contributed by atoms with Gasteiger partial charge < -0.3 is 14.8 Å². The first-order chi connectivity index (χ1) is 11.4. The standard InChI is InChI=1S/C17H15F2NO4/c1-10(16(21)20-12-5-8-14(18)15(19)9-12)24-13-6-3-11(4-7-13)17(22)23-2/h3-10H,1-2H3,(H,20,21). The topological polar surface area (TPSA) is 64.6 Å². The van der Waals surface area contributed by atoms with Gasteiger partial charge in [-0.25, -0.2) is 13.6 Å². The van der Waals surface area contributed by atoms with Crippen molar-refractivity contribution < 1.29 is 27.8 Å². The molecule has 0 spiro atoms. The second kappa shape index (κ2) is 7.54. The zero-order valence-corrected chi connectivity index (χ0v) is 13.0. The fourth-order valence-electron chi connectivity index (χ4n) is 1.86. The van der Waals surface area contributed by atoms with E-state index < -0.39 is 29.6 Å². The zero-order valence-electron chi connectivity index (χ0n) is 13.0. The molecule has 24 heavy (non-hydrogen) atoms. The number of amides is 1. The summed E-state index contributed by atoms with van der Waals surface area (Å²) in [6, 6.07) is 9.09. The van der Waals surface area contributed by atoms with E-state index in [0.29, 0.717) is 11.3 Å². The van der Waals surface area contributed by atoms with Crippen molar-refractivity contribution >= 4 is 17.6 Å². The molecule has 0 aliphatic rings. The minimum atomic E-state index is -1.06. The first-order valence-corrected chi connectivity index (χ1v) is 7.01. The summed E-state index contributed by atoms with van der Waals surface area (Å²) in [5, 5.41) is 2.42. The Labute approximate surface area is 137 Å². The molecule has 0 saturated heterocycles. The molecule has 1 unspecified atom stereocenters. The first kappa shape index (κ1) is 17.4. The Morgan fingerprint density at radius 1 is 1.04 bits per heavy atom. The number of rotatable bonds is 5. The van der Waals surface area contributed by atoms with Gasteiger partial charge in [-0.3, -0.25) is 4.79 Å². The van der Waals surface area contributed by atoms with Crippen molar-refractivity contribution in [3.8, 4) is 5.75 Å². The third kappa shape index (κ3) is 4.28. The first-order valence-electron chi connectivity index (χ1n) is 7.01. The van der Waals surface area contributed by atoms with Crippen LogP contribution in [0.4, 0.5) is 14.5 Å². The Morgan fingerprint density at radius 3 is 2.29 bits per heavy atom. The Balaban J connectivity index is 1.98. The smallest absolute Gasteiger partial charge is 0.337 e. The number of esters is 1. The largest absolute Gasteiger partial charge is 0.481 e. The lowest BCUT2D eigenvalue weighted by molar-refractivity contribution is -0.122. The molecule has 0 heterocycles. The van der Waals surface area contributed by atoms with E-state index in [9.17, 15) is 18.4 Å². The number of halogens is 2. The van der Waals surface area contributed by atoms with Crippen molar-refractivity contribution in [2.75, 3.05) is 12.4 Å². The number of methoxy groups -OCH3 is 1. The number of carbonyl (C=O) groups is 2. The molecule has 1 N–H and O–H groups in total. The highest BCUT2D eigenvalue weighted by molar-refractivity contribution is 5.94. The van der Waals surface area contributed by atoms with Gasteiger partial charge in [0.15, 0.2) is 17.7 Å². The Hall–Kier alpha value is -2.96. The summed E-state index contributed by atoms with van der Waals surface area (Å²) in [5.74, 6) is -2.69. The average molecular weight is 335 g/mol. The Kier molecular flexibility index (Phi) is 5.47. The average Bonchev–Trinajstić information content (AvgIpc) is 2.58. The monoisotopic (exact) mass is 335 g/mol. The molecule has 0 fully saturated rings. The SMILES string of the molecule is COC(=O)c1ccc(OC(C)C(=O)Nc2ccc(F)c(F)c2)cc1. The number of hydrogen-bond donors (Lipinski definition) is 1. The van der Waals surface area contributed by atoms with Gasteiger partial charge in [-0.1, -0.05) is 0 Å². The van der Waals surface area contributed by atoms with Crippen molar-refractivity contribution in [3.63, 3.8) is 0 Å². The third-order valence-electron chi connectivity index (χ3n) is 3.14. The summed E-state index contributed by atoms with van der Waals surface area (Å²) >= 11 is 0. The summed E-state index contributed by atoms with van der Waals surface area (Å²) in [5.41, 5.74) is 0.471. The summed E-state index contributed by atoms with van der Waals surface area (Å²) in [6.45, 7) is 1.50. The molecule has 2 rings (SSSR count). The minimum absolute atomic E-state index is 0.121. The molecular formula is C17H15F2NO4. The van der Waals surface area contributed by atoms with E-state index in [0.717, 1.165) is 12.1 Å². The van der Waals surface area contributed by atoms with Gasteiger partial charge in [0.2, 0.25) is 0 Å². The predicted octanol–water partition coefficient (Wildman–Crippen LogP) is 3.16. The molecule has 0 saturated carbocycles. The number of anilines is 1. The molecule has 0 bridgehead atoms. The van der Waals surface area contributed by atoms with Crippen molar-refractivity contribution in [1.82, 2.24) is 0 Å².